The number of ether oxygens (including phenoxy) is 1. The third-order valence-corrected chi connectivity index (χ3v) is 1.17. The summed E-state index contributed by atoms with van der Waals surface area (Å²) in [7, 11) is 0. The Balaban J connectivity index is 3.19. The number of aliphatic hydroxyl groups is 1. The molecule has 1 unspecified atom stereocenters. The predicted molar refractivity (Wildman–Crippen MR) is 45.2 cm³/mol. The Bertz CT molecular complexity index is 132. The second-order valence-corrected chi connectivity index (χ2v) is 2.36. The van der Waals surface area contributed by atoms with Gasteiger partial charge in [0.15, 0.2) is 0 Å². The van der Waals surface area contributed by atoms with Crippen molar-refractivity contribution in [2.24, 2.45) is 0 Å². The molecule has 0 aliphatic rings. The van der Waals surface area contributed by atoms with Gasteiger partial charge < -0.3 is 9.84 Å². The third-order valence-electron chi connectivity index (χ3n) is 1.17. The molecule has 0 aromatic rings. The molecule has 0 saturated carbocycles. The lowest BCUT2D eigenvalue weighted by atomic mass is 10.3. The molecule has 2 heteroatoms. The summed E-state index contributed by atoms with van der Waals surface area (Å²) in [5, 5.41) is 9.18. The summed E-state index contributed by atoms with van der Waals surface area (Å²) in [6.45, 7) is 4.93. The molecule has 0 aliphatic carbocycles. The van der Waals surface area contributed by atoms with Crippen LogP contribution in [-0.2, 0) is 4.74 Å². The highest BCUT2D eigenvalue weighted by molar-refractivity contribution is 4.96. The lowest BCUT2D eigenvalue weighted by Crippen LogP contribution is -2.14. The van der Waals surface area contributed by atoms with Crippen LogP contribution in [0.4, 0.5) is 0 Å². The van der Waals surface area contributed by atoms with E-state index in [0.29, 0.717) is 13.0 Å². The molecule has 0 aromatic heterocycles. The van der Waals surface area contributed by atoms with E-state index in [1.54, 1.807) is 6.92 Å². The van der Waals surface area contributed by atoms with Crippen LogP contribution in [0.25, 0.3) is 0 Å². The standard InChI is InChI=1S/C9H16O2/c1-3-5-6-9(10)8-11-7-4-2/h9-10H,4,6-8H2,1-2H3. The van der Waals surface area contributed by atoms with E-state index in [2.05, 4.69) is 11.8 Å². The zero-order valence-corrected chi connectivity index (χ0v) is 7.26. The van der Waals surface area contributed by atoms with Gasteiger partial charge in [0.05, 0.1) is 12.7 Å². The monoisotopic (exact) mass is 156 g/mol. The molecule has 1 N–H and O–H groups in total. The summed E-state index contributed by atoms with van der Waals surface area (Å²) in [5.74, 6) is 5.52. The average Bonchev–Trinajstić information content (AvgIpc) is 2.01. The van der Waals surface area contributed by atoms with Gasteiger partial charge in [-0.3, -0.25) is 0 Å². The molecular formula is C9H16O2. The molecule has 0 aromatic carbocycles. The van der Waals surface area contributed by atoms with Gasteiger partial charge in [-0.15, -0.1) is 11.8 Å². The van der Waals surface area contributed by atoms with Crippen LogP contribution in [0.1, 0.15) is 26.7 Å². The van der Waals surface area contributed by atoms with Crippen LogP contribution in [0.5, 0.6) is 0 Å². The fourth-order valence-corrected chi connectivity index (χ4v) is 0.643. The first-order valence-corrected chi connectivity index (χ1v) is 3.96. The van der Waals surface area contributed by atoms with Crippen molar-refractivity contribution in [3.63, 3.8) is 0 Å². The molecule has 2 nitrogen and oxygen atoms in total. The molecule has 64 valence electrons. The summed E-state index contributed by atoms with van der Waals surface area (Å²) in [5.41, 5.74) is 0. The van der Waals surface area contributed by atoms with E-state index in [0.717, 1.165) is 13.0 Å². The number of rotatable bonds is 5. The molecule has 0 fully saturated rings. The first kappa shape index (κ1) is 10.5. The van der Waals surface area contributed by atoms with E-state index in [9.17, 15) is 5.11 Å². The Labute approximate surface area is 68.6 Å². The molecule has 11 heavy (non-hydrogen) atoms. The fraction of sp³-hybridized carbons (Fsp3) is 0.778. The second-order valence-electron chi connectivity index (χ2n) is 2.36. The Morgan fingerprint density at radius 2 is 2.27 bits per heavy atom. The summed E-state index contributed by atoms with van der Waals surface area (Å²) < 4.78 is 5.12. The molecule has 0 radical (unpaired) electrons. The molecule has 0 saturated heterocycles. The maximum Gasteiger partial charge on any atom is 0.0882 e. The molecule has 0 heterocycles. The lowest BCUT2D eigenvalue weighted by molar-refractivity contribution is 0.0398. The third kappa shape index (κ3) is 7.38. The van der Waals surface area contributed by atoms with E-state index < -0.39 is 6.10 Å². The Morgan fingerprint density at radius 3 is 2.82 bits per heavy atom. The summed E-state index contributed by atoms with van der Waals surface area (Å²) in [6, 6.07) is 0. The molecule has 0 spiro atoms. The normalized spacial score (nSPS) is 11.9. The van der Waals surface area contributed by atoms with Crippen molar-refractivity contribution in [2.75, 3.05) is 13.2 Å². The largest absolute Gasteiger partial charge is 0.390 e. The van der Waals surface area contributed by atoms with Gasteiger partial charge in [-0.05, 0) is 13.3 Å². The zero-order chi connectivity index (χ0) is 8.53. The number of hydrogen-bond acceptors (Lipinski definition) is 2. The molecule has 1 atom stereocenters. The van der Waals surface area contributed by atoms with Crippen LogP contribution in [-0.4, -0.2) is 24.4 Å². The minimum Gasteiger partial charge on any atom is -0.390 e. The average molecular weight is 156 g/mol. The van der Waals surface area contributed by atoms with Gasteiger partial charge in [0.25, 0.3) is 0 Å². The van der Waals surface area contributed by atoms with Crippen LogP contribution in [0.15, 0.2) is 0 Å². The van der Waals surface area contributed by atoms with Crippen molar-refractivity contribution in [3.8, 4) is 11.8 Å². The van der Waals surface area contributed by atoms with Gasteiger partial charge in [-0.2, -0.15) is 0 Å². The van der Waals surface area contributed by atoms with E-state index in [1.165, 1.54) is 0 Å². The summed E-state index contributed by atoms with van der Waals surface area (Å²) >= 11 is 0. The van der Waals surface area contributed by atoms with Crippen molar-refractivity contribution in [1.82, 2.24) is 0 Å². The van der Waals surface area contributed by atoms with Crippen molar-refractivity contribution >= 4 is 0 Å². The maximum absolute atomic E-state index is 9.18. The van der Waals surface area contributed by atoms with Crippen molar-refractivity contribution < 1.29 is 9.84 Å². The second kappa shape index (κ2) is 7.59. The highest BCUT2D eigenvalue weighted by Crippen LogP contribution is 1.91. The Hall–Kier alpha value is -0.520. The number of hydrogen-bond donors (Lipinski definition) is 1. The smallest absolute Gasteiger partial charge is 0.0882 e. The van der Waals surface area contributed by atoms with Crippen LogP contribution >= 0.6 is 0 Å². The van der Waals surface area contributed by atoms with E-state index in [-0.39, 0.29) is 0 Å². The van der Waals surface area contributed by atoms with E-state index in [4.69, 9.17) is 4.74 Å². The SMILES string of the molecule is CC#CCC(O)COCCC. The van der Waals surface area contributed by atoms with Crippen LogP contribution in [0, 0.1) is 11.8 Å². The summed E-state index contributed by atoms with van der Waals surface area (Å²) in [4.78, 5) is 0. The van der Waals surface area contributed by atoms with Crippen LogP contribution < -0.4 is 0 Å². The van der Waals surface area contributed by atoms with Gasteiger partial charge in [-0.25, -0.2) is 0 Å². The summed E-state index contributed by atoms with van der Waals surface area (Å²) in [6.07, 6.45) is 1.08. The first-order chi connectivity index (χ1) is 5.31. The Kier molecular flexibility index (Phi) is 7.23. The van der Waals surface area contributed by atoms with Gasteiger partial charge in [0.2, 0.25) is 0 Å². The zero-order valence-electron chi connectivity index (χ0n) is 7.26. The van der Waals surface area contributed by atoms with Gasteiger partial charge in [-0.1, -0.05) is 6.92 Å². The lowest BCUT2D eigenvalue weighted by Gasteiger charge is -2.06. The van der Waals surface area contributed by atoms with Gasteiger partial charge >= 0.3 is 0 Å². The van der Waals surface area contributed by atoms with Gasteiger partial charge in [0.1, 0.15) is 0 Å². The fourth-order valence-electron chi connectivity index (χ4n) is 0.643. The molecular weight excluding hydrogens is 140 g/mol. The molecule has 0 aliphatic heterocycles. The van der Waals surface area contributed by atoms with E-state index >= 15 is 0 Å². The van der Waals surface area contributed by atoms with Crippen LogP contribution in [0.3, 0.4) is 0 Å². The highest BCUT2D eigenvalue weighted by atomic mass is 16.5. The minimum atomic E-state index is -0.422. The quantitative estimate of drug-likeness (QED) is 0.478. The maximum atomic E-state index is 9.18. The predicted octanol–water partition coefficient (Wildman–Crippen LogP) is 1.19. The number of aliphatic hydroxyl groups excluding tert-OH is 1. The van der Waals surface area contributed by atoms with E-state index in [1.807, 2.05) is 6.92 Å². The topological polar surface area (TPSA) is 29.5 Å². The Morgan fingerprint density at radius 1 is 1.55 bits per heavy atom. The van der Waals surface area contributed by atoms with Crippen LogP contribution in [0.2, 0.25) is 0 Å². The van der Waals surface area contributed by atoms with Gasteiger partial charge in [0, 0.05) is 13.0 Å². The molecule has 0 bridgehead atoms. The highest BCUT2D eigenvalue weighted by Gasteiger charge is 1.99. The molecule has 0 rings (SSSR count). The van der Waals surface area contributed by atoms with Crippen molar-refractivity contribution in [1.29, 1.82) is 0 Å². The van der Waals surface area contributed by atoms with Crippen molar-refractivity contribution in [2.45, 2.75) is 32.8 Å². The molecule has 0 amide bonds. The first-order valence-electron chi connectivity index (χ1n) is 3.96. The van der Waals surface area contributed by atoms with Crippen molar-refractivity contribution in [3.05, 3.63) is 0 Å². The minimum absolute atomic E-state index is 0.405.